The molecule has 1 aliphatic heterocycles. The number of carbonyl (C=O) groups is 1. The first-order valence-corrected chi connectivity index (χ1v) is 7.66. The maximum atomic E-state index is 11.2. The molecule has 2 heterocycles. The quantitative estimate of drug-likeness (QED) is 0.888. The molecule has 24 heavy (non-hydrogen) atoms. The number of anilines is 1. The third kappa shape index (κ3) is 3.12. The molecular formula is C16H19N3O5. The Balaban J connectivity index is 1.81. The van der Waals surface area contributed by atoms with Crippen LogP contribution >= 0.6 is 0 Å². The summed E-state index contributed by atoms with van der Waals surface area (Å²) in [6, 6.07) is 5.69. The molecule has 0 unspecified atom stereocenters. The highest BCUT2D eigenvalue weighted by molar-refractivity contribution is 5.71. The highest BCUT2D eigenvalue weighted by Crippen LogP contribution is 2.32. The van der Waals surface area contributed by atoms with Crippen molar-refractivity contribution in [1.29, 1.82) is 0 Å². The first-order valence-electron chi connectivity index (χ1n) is 7.66. The van der Waals surface area contributed by atoms with E-state index >= 15 is 0 Å². The van der Waals surface area contributed by atoms with E-state index in [4.69, 9.17) is 14.0 Å². The number of ether oxygens (including phenoxy) is 2. The third-order valence-electron chi connectivity index (χ3n) is 4.10. The van der Waals surface area contributed by atoms with Crippen LogP contribution in [0.3, 0.4) is 0 Å². The molecule has 0 bridgehead atoms. The number of piperidine rings is 1. The van der Waals surface area contributed by atoms with E-state index in [1.807, 2.05) is 11.0 Å². The van der Waals surface area contributed by atoms with Crippen molar-refractivity contribution in [1.82, 2.24) is 10.1 Å². The highest BCUT2D eigenvalue weighted by atomic mass is 16.5. The molecule has 1 aliphatic rings. The summed E-state index contributed by atoms with van der Waals surface area (Å²) < 4.78 is 15.8. The SMILES string of the molecule is COc1ccc(-c2noc(N3CCC[C@H](C(=O)O)C3)n2)cc1OC. The van der Waals surface area contributed by atoms with Crippen molar-refractivity contribution in [3.63, 3.8) is 0 Å². The Morgan fingerprint density at radius 1 is 1.33 bits per heavy atom. The summed E-state index contributed by atoms with van der Waals surface area (Å²) in [4.78, 5) is 17.4. The maximum Gasteiger partial charge on any atom is 0.324 e. The molecule has 0 radical (unpaired) electrons. The van der Waals surface area contributed by atoms with Gasteiger partial charge < -0.3 is 24.0 Å². The van der Waals surface area contributed by atoms with E-state index in [-0.39, 0.29) is 0 Å². The smallest absolute Gasteiger partial charge is 0.324 e. The van der Waals surface area contributed by atoms with Gasteiger partial charge in [-0.15, -0.1) is 0 Å². The topological polar surface area (TPSA) is 97.9 Å². The van der Waals surface area contributed by atoms with Crippen LogP contribution in [-0.4, -0.2) is 48.5 Å². The zero-order valence-corrected chi connectivity index (χ0v) is 13.6. The van der Waals surface area contributed by atoms with E-state index in [0.717, 1.165) is 12.0 Å². The van der Waals surface area contributed by atoms with Gasteiger partial charge in [-0.2, -0.15) is 4.98 Å². The van der Waals surface area contributed by atoms with Crippen LogP contribution in [0.25, 0.3) is 11.4 Å². The second-order valence-corrected chi connectivity index (χ2v) is 5.59. The van der Waals surface area contributed by atoms with Crippen molar-refractivity contribution in [3.05, 3.63) is 18.2 Å². The van der Waals surface area contributed by atoms with Crippen LogP contribution in [0, 0.1) is 5.92 Å². The number of rotatable bonds is 5. The van der Waals surface area contributed by atoms with E-state index in [0.29, 0.717) is 42.8 Å². The molecule has 1 saturated heterocycles. The van der Waals surface area contributed by atoms with E-state index in [1.54, 1.807) is 26.4 Å². The molecule has 8 heteroatoms. The Labute approximate surface area is 139 Å². The fourth-order valence-corrected chi connectivity index (χ4v) is 2.79. The molecular weight excluding hydrogens is 314 g/mol. The van der Waals surface area contributed by atoms with Gasteiger partial charge in [0.2, 0.25) is 5.82 Å². The Hall–Kier alpha value is -2.77. The van der Waals surface area contributed by atoms with Crippen molar-refractivity contribution < 1.29 is 23.9 Å². The Morgan fingerprint density at radius 2 is 2.12 bits per heavy atom. The molecule has 1 fully saturated rings. The molecule has 1 N–H and O–H groups in total. The number of benzene rings is 1. The minimum absolute atomic E-state index is 0.339. The summed E-state index contributed by atoms with van der Waals surface area (Å²) >= 11 is 0. The Kier molecular flexibility index (Phi) is 4.54. The van der Waals surface area contributed by atoms with Gasteiger partial charge in [0, 0.05) is 18.7 Å². The van der Waals surface area contributed by atoms with Crippen LogP contribution in [0.1, 0.15) is 12.8 Å². The van der Waals surface area contributed by atoms with Crippen LogP contribution in [0.2, 0.25) is 0 Å². The van der Waals surface area contributed by atoms with E-state index < -0.39 is 11.9 Å². The number of methoxy groups -OCH3 is 2. The molecule has 0 aliphatic carbocycles. The number of nitrogens with zero attached hydrogens (tertiary/aromatic N) is 3. The van der Waals surface area contributed by atoms with Crippen LogP contribution < -0.4 is 14.4 Å². The molecule has 0 amide bonds. The summed E-state index contributed by atoms with van der Waals surface area (Å²) in [5.41, 5.74) is 0.731. The molecule has 2 aromatic rings. The van der Waals surface area contributed by atoms with Gasteiger partial charge in [-0.3, -0.25) is 4.79 Å². The number of aliphatic carboxylic acids is 1. The van der Waals surface area contributed by atoms with Gasteiger partial charge in [0.05, 0.1) is 20.1 Å². The van der Waals surface area contributed by atoms with Crippen LogP contribution in [0.5, 0.6) is 11.5 Å². The van der Waals surface area contributed by atoms with Gasteiger partial charge in [0.1, 0.15) is 0 Å². The Morgan fingerprint density at radius 3 is 2.83 bits per heavy atom. The van der Waals surface area contributed by atoms with Gasteiger partial charge in [0.15, 0.2) is 11.5 Å². The van der Waals surface area contributed by atoms with E-state index in [9.17, 15) is 9.90 Å². The maximum absolute atomic E-state index is 11.2. The van der Waals surface area contributed by atoms with Gasteiger partial charge in [-0.1, -0.05) is 5.16 Å². The molecule has 8 nitrogen and oxygen atoms in total. The van der Waals surface area contributed by atoms with Gasteiger partial charge >= 0.3 is 12.0 Å². The number of carboxylic acid groups (broad SMARTS) is 1. The minimum Gasteiger partial charge on any atom is -0.493 e. The monoisotopic (exact) mass is 333 g/mol. The number of aromatic nitrogens is 2. The van der Waals surface area contributed by atoms with E-state index in [1.165, 1.54) is 0 Å². The van der Waals surface area contributed by atoms with Crippen molar-refractivity contribution >= 4 is 12.0 Å². The largest absolute Gasteiger partial charge is 0.493 e. The zero-order valence-electron chi connectivity index (χ0n) is 13.6. The molecule has 1 aromatic heterocycles. The molecule has 0 saturated carbocycles. The predicted octanol–water partition coefficient (Wildman–Crippen LogP) is 2.05. The summed E-state index contributed by atoms with van der Waals surface area (Å²) in [6.45, 7) is 1.08. The average molecular weight is 333 g/mol. The van der Waals surface area contributed by atoms with E-state index in [2.05, 4.69) is 10.1 Å². The van der Waals surface area contributed by atoms with Crippen LogP contribution in [-0.2, 0) is 4.79 Å². The van der Waals surface area contributed by atoms with Crippen LogP contribution in [0.4, 0.5) is 6.01 Å². The van der Waals surface area contributed by atoms with Gasteiger partial charge in [-0.25, -0.2) is 0 Å². The molecule has 0 spiro atoms. The fourth-order valence-electron chi connectivity index (χ4n) is 2.79. The van der Waals surface area contributed by atoms with Crippen molar-refractivity contribution in [2.24, 2.45) is 5.92 Å². The first-order chi connectivity index (χ1) is 11.6. The summed E-state index contributed by atoms with van der Waals surface area (Å²) in [5, 5.41) is 13.2. The lowest BCUT2D eigenvalue weighted by molar-refractivity contribution is -0.141. The molecule has 3 rings (SSSR count). The summed E-state index contributed by atoms with van der Waals surface area (Å²) in [6.07, 6.45) is 1.45. The Bertz CT molecular complexity index is 730. The number of hydrogen-bond acceptors (Lipinski definition) is 7. The van der Waals surface area contributed by atoms with Crippen molar-refractivity contribution in [2.45, 2.75) is 12.8 Å². The third-order valence-corrected chi connectivity index (χ3v) is 4.10. The summed E-state index contributed by atoms with van der Waals surface area (Å²) in [7, 11) is 3.13. The van der Waals surface area contributed by atoms with Crippen molar-refractivity contribution in [3.8, 4) is 22.9 Å². The summed E-state index contributed by atoms with van der Waals surface area (Å²) in [5.74, 6) is 0.411. The lowest BCUT2D eigenvalue weighted by Crippen LogP contribution is -2.38. The first kappa shape index (κ1) is 16.1. The zero-order chi connectivity index (χ0) is 17.1. The number of hydrogen-bond donors (Lipinski definition) is 1. The average Bonchev–Trinajstić information content (AvgIpc) is 3.11. The number of carboxylic acids is 1. The standard InChI is InChI=1S/C16H19N3O5/c1-22-12-6-5-10(8-13(12)23-2)14-17-16(24-18-14)19-7-3-4-11(9-19)15(20)21/h5-6,8,11H,3-4,7,9H2,1-2H3,(H,20,21)/t11-/m0/s1. The van der Waals surface area contributed by atoms with Gasteiger partial charge in [0.25, 0.3) is 0 Å². The van der Waals surface area contributed by atoms with Crippen molar-refractivity contribution in [2.75, 3.05) is 32.2 Å². The molecule has 128 valence electrons. The minimum atomic E-state index is -0.792. The molecule has 1 atom stereocenters. The second-order valence-electron chi connectivity index (χ2n) is 5.59. The molecule has 1 aromatic carbocycles. The van der Waals surface area contributed by atoms with Crippen LogP contribution in [0.15, 0.2) is 22.7 Å². The van der Waals surface area contributed by atoms with Gasteiger partial charge in [-0.05, 0) is 31.0 Å². The lowest BCUT2D eigenvalue weighted by atomic mass is 9.99. The lowest BCUT2D eigenvalue weighted by Gasteiger charge is -2.28. The predicted molar refractivity (Wildman–Crippen MR) is 85.4 cm³/mol. The fraction of sp³-hybridized carbons (Fsp3) is 0.438. The second kappa shape index (κ2) is 6.77. The normalized spacial score (nSPS) is 17.6. The highest BCUT2D eigenvalue weighted by Gasteiger charge is 2.28.